The fourth-order valence-electron chi connectivity index (χ4n) is 5.16. The monoisotopic (exact) mass is 772 g/mol. The zero-order valence-corrected chi connectivity index (χ0v) is 30.9. The molecular formula is C41H33BrN4O3S2. The predicted octanol–water partition coefficient (Wildman–Crippen LogP) is 10.1. The van der Waals surface area contributed by atoms with Crippen molar-refractivity contribution in [2.75, 3.05) is 10.6 Å². The highest BCUT2D eigenvalue weighted by molar-refractivity contribution is 9.10. The molecule has 51 heavy (non-hydrogen) atoms. The highest BCUT2D eigenvalue weighted by Gasteiger charge is 2.24. The van der Waals surface area contributed by atoms with Gasteiger partial charge < -0.3 is 16.0 Å². The molecule has 1 heterocycles. The van der Waals surface area contributed by atoms with Crippen LogP contribution in [0.15, 0.2) is 149 Å². The van der Waals surface area contributed by atoms with Crippen LogP contribution in [0.25, 0.3) is 17.3 Å². The normalized spacial score (nSPS) is 11.8. The third-order valence-corrected chi connectivity index (χ3v) is 10.4. The van der Waals surface area contributed by atoms with Gasteiger partial charge in [0.05, 0.1) is 5.69 Å². The van der Waals surface area contributed by atoms with Crippen molar-refractivity contribution in [1.29, 1.82) is 0 Å². The van der Waals surface area contributed by atoms with E-state index in [2.05, 4.69) is 44.0 Å². The molecule has 0 spiro atoms. The summed E-state index contributed by atoms with van der Waals surface area (Å²) in [6.07, 6.45) is 1.63. The summed E-state index contributed by atoms with van der Waals surface area (Å²) in [5, 5.41) is 8.69. The average molecular weight is 774 g/mol. The molecule has 0 fully saturated rings. The van der Waals surface area contributed by atoms with Gasteiger partial charge in [0, 0.05) is 31.1 Å². The number of aromatic nitrogens is 1. The number of thioether (sulfide) groups is 1. The molecule has 0 aliphatic carbocycles. The Morgan fingerprint density at radius 3 is 2.16 bits per heavy atom. The maximum atomic E-state index is 13.8. The van der Waals surface area contributed by atoms with E-state index in [1.165, 1.54) is 28.7 Å². The van der Waals surface area contributed by atoms with Crippen LogP contribution in [0, 0.1) is 13.8 Å². The second-order valence-electron chi connectivity index (χ2n) is 11.6. The molecule has 254 valence electrons. The average Bonchev–Trinajstić information content (AvgIpc) is 3.51. The van der Waals surface area contributed by atoms with Crippen LogP contribution in [0.3, 0.4) is 0 Å². The summed E-state index contributed by atoms with van der Waals surface area (Å²) in [6, 6.07) is 41.2. The molecule has 5 aromatic carbocycles. The zero-order valence-electron chi connectivity index (χ0n) is 27.7. The smallest absolute Gasteiger partial charge is 0.272 e. The molecule has 1 unspecified atom stereocenters. The third-order valence-electron chi connectivity index (χ3n) is 7.75. The van der Waals surface area contributed by atoms with Crippen molar-refractivity contribution in [3.05, 3.63) is 171 Å². The van der Waals surface area contributed by atoms with Crippen LogP contribution in [0.2, 0.25) is 0 Å². The van der Waals surface area contributed by atoms with Gasteiger partial charge in [-0.05, 0) is 79.6 Å². The van der Waals surface area contributed by atoms with Crippen LogP contribution < -0.4 is 16.0 Å². The number of hydrogen-bond acceptors (Lipinski definition) is 6. The van der Waals surface area contributed by atoms with Gasteiger partial charge in [0.2, 0.25) is 5.91 Å². The van der Waals surface area contributed by atoms with Gasteiger partial charge in [0.1, 0.15) is 10.9 Å². The highest BCUT2D eigenvalue weighted by Crippen LogP contribution is 2.38. The molecular weight excluding hydrogens is 741 g/mol. The van der Waals surface area contributed by atoms with E-state index in [4.69, 9.17) is 4.98 Å². The van der Waals surface area contributed by atoms with Gasteiger partial charge in [-0.3, -0.25) is 14.4 Å². The van der Waals surface area contributed by atoms with E-state index in [0.717, 1.165) is 36.6 Å². The van der Waals surface area contributed by atoms with Crippen LogP contribution in [0.5, 0.6) is 0 Å². The van der Waals surface area contributed by atoms with Crippen LogP contribution in [0.4, 0.5) is 10.8 Å². The summed E-state index contributed by atoms with van der Waals surface area (Å²) in [6.45, 7) is 4.05. The van der Waals surface area contributed by atoms with Gasteiger partial charge >= 0.3 is 0 Å². The number of amides is 3. The van der Waals surface area contributed by atoms with Gasteiger partial charge in [0.25, 0.3) is 11.8 Å². The Hall–Kier alpha value is -5.29. The van der Waals surface area contributed by atoms with Crippen molar-refractivity contribution in [3.63, 3.8) is 0 Å². The van der Waals surface area contributed by atoms with Crippen molar-refractivity contribution < 1.29 is 14.4 Å². The van der Waals surface area contributed by atoms with Crippen molar-refractivity contribution in [2.45, 2.75) is 24.0 Å². The van der Waals surface area contributed by atoms with Gasteiger partial charge in [-0.15, -0.1) is 23.1 Å². The lowest BCUT2D eigenvalue weighted by Gasteiger charge is -2.17. The molecule has 0 saturated carbocycles. The maximum Gasteiger partial charge on any atom is 0.272 e. The number of anilines is 2. The lowest BCUT2D eigenvalue weighted by atomic mass is 10.1. The fourth-order valence-corrected chi connectivity index (χ4v) is 7.44. The Balaban J connectivity index is 1.18. The van der Waals surface area contributed by atoms with E-state index in [9.17, 15) is 14.4 Å². The van der Waals surface area contributed by atoms with Gasteiger partial charge in [0.15, 0.2) is 5.13 Å². The summed E-state index contributed by atoms with van der Waals surface area (Å²) in [5.41, 5.74) is 5.66. The lowest BCUT2D eigenvalue weighted by molar-refractivity contribution is -0.116. The number of carbonyl (C=O) groups excluding carboxylic acids is 3. The van der Waals surface area contributed by atoms with Crippen molar-refractivity contribution in [2.24, 2.45) is 0 Å². The molecule has 0 radical (unpaired) electrons. The molecule has 0 bridgehead atoms. The largest absolute Gasteiger partial charge is 0.321 e. The quantitative estimate of drug-likeness (QED) is 0.0900. The Kier molecular flexibility index (Phi) is 11.6. The number of benzene rings is 5. The summed E-state index contributed by atoms with van der Waals surface area (Å²) < 4.78 is 0.842. The van der Waals surface area contributed by atoms with Crippen LogP contribution >= 0.6 is 39.0 Å². The number of halogens is 1. The first-order chi connectivity index (χ1) is 24.7. The van der Waals surface area contributed by atoms with Crippen LogP contribution in [0.1, 0.15) is 37.2 Å². The number of carbonyl (C=O) groups is 3. The Morgan fingerprint density at radius 2 is 1.47 bits per heavy atom. The fraction of sp³-hybridized carbons (Fsp3) is 0.0732. The molecule has 3 amide bonds. The molecule has 1 atom stereocenters. The van der Waals surface area contributed by atoms with Gasteiger partial charge in [-0.25, -0.2) is 4.98 Å². The number of nitrogens with zero attached hydrogens (tertiary/aromatic N) is 1. The molecule has 7 nitrogen and oxygen atoms in total. The van der Waals surface area contributed by atoms with Gasteiger partial charge in [-0.1, -0.05) is 106 Å². The van der Waals surface area contributed by atoms with Crippen LogP contribution in [-0.4, -0.2) is 22.7 Å². The van der Waals surface area contributed by atoms with Crippen LogP contribution in [-0.2, 0) is 9.59 Å². The Bertz CT molecular complexity index is 2190. The number of aryl methyl sites for hydroxylation is 2. The van der Waals surface area contributed by atoms with E-state index < -0.39 is 17.1 Å². The molecule has 3 N–H and O–H groups in total. The second-order valence-corrected chi connectivity index (χ2v) is 14.9. The molecule has 10 heteroatoms. The minimum absolute atomic E-state index is 0.0872. The topological polar surface area (TPSA) is 100 Å². The first-order valence-corrected chi connectivity index (χ1v) is 18.5. The summed E-state index contributed by atoms with van der Waals surface area (Å²) in [7, 11) is 0. The maximum absolute atomic E-state index is 13.8. The number of hydrogen-bond donors (Lipinski definition) is 3. The first kappa shape index (κ1) is 35.5. The lowest BCUT2D eigenvalue weighted by Crippen LogP contribution is -2.30. The number of thiazole rings is 1. The van der Waals surface area contributed by atoms with E-state index >= 15 is 0 Å². The minimum Gasteiger partial charge on any atom is -0.321 e. The Morgan fingerprint density at radius 1 is 0.784 bits per heavy atom. The molecule has 6 aromatic rings. The standard InChI is InChI=1S/C41H33BrN4O3S2/c1-26-16-18-29(19-17-26)36-27(2)50-41(45-36)46-40(49)37(30-11-5-3-6-12-30)51-34-22-20-33(21-23-34)43-39(48)35(25-28-10-9-15-32(42)24-28)44-38(47)31-13-7-4-8-14-31/h3-25,37H,1-2H3,(H,43,48)(H,44,47)(H,45,46,49)/b35-25-. The molecule has 1 aromatic heterocycles. The van der Waals surface area contributed by atoms with Crippen molar-refractivity contribution in [1.82, 2.24) is 10.3 Å². The first-order valence-electron chi connectivity index (χ1n) is 16.0. The highest BCUT2D eigenvalue weighted by atomic mass is 79.9. The van der Waals surface area contributed by atoms with E-state index in [1.807, 2.05) is 98.8 Å². The van der Waals surface area contributed by atoms with Gasteiger partial charge in [-0.2, -0.15) is 0 Å². The van der Waals surface area contributed by atoms with E-state index in [-0.39, 0.29) is 11.6 Å². The molecule has 0 aliphatic heterocycles. The summed E-state index contributed by atoms with van der Waals surface area (Å²) in [4.78, 5) is 47.0. The number of nitrogens with one attached hydrogen (secondary N) is 3. The van der Waals surface area contributed by atoms with E-state index in [1.54, 1.807) is 42.5 Å². The summed E-state index contributed by atoms with van der Waals surface area (Å²) in [5.74, 6) is -1.07. The third kappa shape index (κ3) is 9.49. The SMILES string of the molecule is Cc1ccc(-c2nc(NC(=O)C(Sc3ccc(NC(=O)/C(=C/c4cccc(Br)c4)NC(=O)c4ccccc4)cc3)c3ccccc3)sc2C)cc1. The van der Waals surface area contributed by atoms with Crippen molar-refractivity contribution in [3.8, 4) is 11.3 Å². The molecule has 0 saturated heterocycles. The van der Waals surface area contributed by atoms with E-state index in [0.29, 0.717) is 16.4 Å². The van der Waals surface area contributed by atoms with Crippen molar-refractivity contribution >= 4 is 73.6 Å². The Labute approximate surface area is 313 Å². The zero-order chi connectivity index (χ0) is 35.7. The summed E-state index contributed by atoms with van der Waals surface area (Å²) >= 11 is 6.31. The predicted molar refractivity (Wildman–Crippen MR) is 212 cm³/mol. The number of rotatable bonds is 11. The molecule has 0 aliphatic rings. The second kappa shape index (κ2) is 16.6. The minimum atomic E-state index is -0.563. The molecule has 6 rings (SSSR count).